The van der Waals surface area contributed by atoms with Gasteiger partial charge in [-0.3, -0.25) is 0 Å². The molecule has 8 nitrogen and oxygen atoms in total. The lowest BCUT2D eigenvalue weighted by Crippen LogP contribution is -2.37. The summed E-state index contributed by atoms with van der Waals surface area (Å²) in [6, 6.07) is 9.44. The second kappa shape index (κ2) is 9.37. The Morgan fingerprint density at radius 3 is 2.81 bits per heavy atom. The summed E-state index contributed by atoms with van der Waals surface area (Å²) in [6.07, 6.45) is 2.53. The minimum absolute atomic E-state index is 0.233. The predicted octanol–water partition coefficient (Wildman–Crippen LogP) is 4.15. The number of aliphatic hydroxyl groups is 1. The van der Waals surface area contributed by atoms with E-state index in [-0.39, 0.29) is 6.61 Å². The van der Waals surface area contributed by atoms with Crippen molar-refractivity contribution < 1.29 is 24.3 Å². The van der Waals surface area contributed by atoms with Crippen molar-refractivity contribution in [3.05, 3.63) is 45.3 Å². The van der Waals surface area contributed by atoms with Gasteiger partial charge < -0.3 is 24.4 Å². The number of fused-ring (bicyclic) bond motifs is 1. The van der Waals surface area contributed by atoms with Gasteiger partial charge in [0.15, 0.2) is 5.58 Å². The number of piperidine rings is 1. The standard InChI is InChI=1S/C22H23N3O5S/c23-11-15-2-3-16(31-15)13-29-20-6-4-17-19(24-30-21(17)18(20)12-26)5-1-14-7-9-25(10-8-14)22(27)28/h2-4,6,14,26H,1,5,7-10,12-13H2,(H,27,28). The maximum Gasteiger partial charge on any atom is 0.407 e. The van der Waals surface area contributed by atoms with Gasteiger partial charge in [-0.25, -0.2) is 4.79 Å². The quantitative estimate of drug-likeness (QED) is 0.565. The number of aryl methyl sites for hydroxylation is 1. The average Bonchev–Trinajstić information content (AvgIpc) is 3.42. The van der Waals surface area contributed by atoms with Crippen molar-refractivity contribution in [2.75, 3.05) is 13.1 Å². The molecule has 3 aromatic rings. The smallest absolute Gasteiger partial charge is 0.407 e. The van der Waals surface area contributed by atoms with Gasteiger partial charge in [0.25, 0.3) is 0 Å². The first-order valence-electron chi connectivity index (χ1n) is 10.2. The van der Waals surface area contributed by atoms with Gasteiger partial charge in [0.05, 0.1) is 17.9 Å². The molecule has 162 valence electrons. The number of hydrogen-bond donors (Lipinski definition) is 2. The van der Waals surface area contributed by atoms with E-state index in [0.29, 0.717) is 47.4 Å². The minimum Gasteiger partial charge on any atom is -0.488 e. The Hall–Kier alpha value is -3.09. The highest BCUT2D eigenvalue weighted by Crippen LogP contribution is 2.32. The van der Waals surface area contributed by atoms with E-state index in [1.807, 2.05) is 18.2 Å². The molecule has 1 amide bonds. The van der Waals surface area contributed by atoms with E-state index in [4.69, 9.17) is 19.6 Å². The van der Waals surface area contributed by atoms with E-state index >= 15 is 0 Å². The van der Waals surface area contributed by atoms with Gasteiger partial charge in [0, 0.05) is 23.4 Å². The van der Waals surface area contributed by atoms with E-state index in [2.05, 4.69) is 11.2 Å². The van der Waals surface area contributed by atoms with Crippen LogP contribution in [-0.4, -0.2) is 39.5 Å². The van der Waals surface area contributed by atoms with E-state index in [9.17, 15) is 9.90 Å². The van der Waals surface area contributed by atoms with Crippen LogP contribution in [0.25, 0.3) is 11.0 Å². The van der Waals surface area contributed by atoms with Gasteiger partial charge in [0.1, 0.15) is 23.3 Å². The fourth-order valence-electron chi connectivity index (χ4n) is 3.97. The Labute approximate surface area is 183 Å². The van der Waals surface area contributed by atoms with Gasteiger partial charge >= 0.3 is 6.09 Å². The molecule has 0 spiro atoms. The number of carboxylic acid groups (broad SMARTS) is 1. The number of thiophene rings is 1. The molecule has 0 radical (unpaired) electrons. The second-order valence-electron chi connectivity index (χ2n) is 7.62. The highest BCUT2D eigenvalue weighted by Gasteiger charge is 2.23. The third kappa shape index (κ3) is 4.65. The monoisotopic (exact) mass is 441 g/mol. The van der Waals surface area contributed by atoms with Crippen LogP contribution in [0.1, 0.15) is 40.3 Å². The van der Waals surface area contributed by atoms with E-state index in [1.54, 1.807) is 6.07 Å². The molecule has 3 heterocycles. The van der Waals surface area contributed by atoms with E-state index in [1.165, 1.54) is 16.2 Å². The first-order valence-corrected chi connectivity index (χ1v) is 11.0. The molecule has 1 fully saturated rings. The van der Waals surface area contributed by atoms with Crippen molar-refractivity contribution in [1.29, 1.82) is 5.26 Å². The van der Waals surface area contributed by atoms with E-state index < -0.39 is 6.09 Å². The van der Waals surface area contributed by atoms with Gasteiger partial charge in [-0.05, 0) is 55.9 Å². The molecule has 0 saturated carbocycles. The number of aliphatic hydroxyl groups excluding tert-OH is 1. The van der Waals surface area contributed by atoms with Crippen LogP contribution in [0.3, 0.4) is 0 Å². The third-order valence-electron chi connectivity index (χ3n) is 5.75. The lowest BCUT2D eigenvalue weighted by Gasteiger charge is -2.29. The molecule has 9 heteroatoms. The van der Waals surface area contributed by atoms with Crippen molar-refractivity contribution in [2.24, 2.45) is 5.92 Å². The number of amides is 1. The van der Waals surface area contributed by atoms with Gasteiger partial charge in [-0.1, -0.05) is 5.16 Å². The van der Waals surface area contributed by atoms with Crippen LogP contribution in [0.4, 0.5) is 4.79 Å². The van der Waals surface area contributed by atoms with Crippen LogP contribution in [0.5, 0.6) is 5.75 Å². The SMILES string of the molecule is N#Cc1ccc(COc2ccc3c(CCC4CCN(C(=O)O)CC4)noc3c2CO)s1. The van der Waals surface area contributed by atoms with Crippen LogP contribution in [0.15, 0.2) is 28.8 Å². The molecule has 0 atom stereocenters. The van der Waals surface area contributed by atoms with Crippen LogP contribution >= 0.6 is 11.3 Å². The zero-order chi connectivity index (χ0) is 21.8. The normalized spacial score (nSPS) is 14.6. The molecular weight excluding hydrogens is 418 g/mol. The fraction of sp³-hybridized carbons (Fsp3) is 0.409. The van der Waals surface area contributed by atoms with Crippen molar-refractivity contribution >= 4 is 28.4 Å². The highest BCUT2D eigenvalue weighted by molar-refractivity contribution is 7.12. The molecule has 0 aliphatic carbocycles. The van der Waals surface area contributed by atoms with Gasteiger partial charge in [-0.2, -0.15) is 5.26 Å². The average molecular weight is 442 g/mol. The van der Waals surface area contributed by atoms with Crippen LogP contribution in [0.2, 0.25) is 0 Å². The molecule has 1 saturated heterocycles. The Kier molecular flexibility index (Phi) is 6.39. The molecule has 0 bridgehead atoms. The summed E-state index contributed by atoms with van der Waals surface area (Å²) in [5, 5.41) is 33.0. The summed E-state index contributed by atoms with van der Waals surface area (Å²) < 4.78 is 11.4. The van der Waals surface area contributed by atoms with Gasteiger partial charge in [0.2, 0.25) is 0 Å². The van der Waals surface area contributed by atoms with E-state index in [0.717, 1.165) is 41.6 Å². The largest absolute Gasteiger partial charge is 0.488 e. The molecule has 2 aromatic heterocycles. The Morgan fingerprint density at radius 2 is 2.13 bits per heavy atom. The summed E-state index contributed by atoms with van der Waals surface area (Å²) in [5.41, 5.74) is 1.93. The summed E-state index contributed by atoms with van der Waals surface area (Å²) in [6.45, 7) is 1.23. The lowest BCUT2D eigenvalue weighted by molar-refractivity contribution is 0.123. The lowest BCUT2D eigenvalue weighted by atomic mass is 9.91. The number of hydrogen-bond acceptors (Lipinski definition) is 7. The van der Waals surface area contributed by atoms with Crippen molar-refractivity contribution in [3.8, 4) is 11.8 Å². The molecule has 1 aliphatic rings. The maximum absolute atomic E-state index is 11.0. The van der Waals surface area contributed by atoms with Crippen LogP contribution < -0.4 is 4.74 Å². The van der Waals surface area contributed by atoms with Crippen molar-refractivity contribution in [1.82, 2.24) is 10.1 Å². The number of benzene rings is 1. The Morgan fingerprint density at radius 1 is 1.32 bits per heavy atom. The third-order valence-corrected chi connectivity index (χ3v) is 6.71. The Bertz CT molecular complexity index is 1110. The number of nitriles is 1. The first-order chi connectivity index (χ1) is 15.1. The molecule has 4 rings (SSSR count). The molecule has 2 N–H and O–H groups in total. The molecular formula is C22H23N3O5S. The number of nitrogens with zero attached hydrogens (tertiary/aromatic N) is 3. The zero-order valence-corrected chi connectivity index (χ0v) is 17.7. The second-order valence-corrected chi connectivity index (χ2v) is 8.79. The molecule has 1 aromatic carbocycles. The highest BCUT2D eigenvalue weighted by atomic mass is 32.1. The van der Waals surface area contributed by atoms with Crippen molar-refractivity contribution in [2.45, 2.75) is 38.9 Å². The first kappa shape index (κ1) is 21.2. The predicted molar refractivity (Wildman–Crippen MR) is 114 cm³/mol. The summed E-state index contributed by atoms with van der Waals surface area (Å²) in [5.74, 6) is 0.997. The number of carbonyl (C=O) groups is 1. The number of aromatic nitrogens is 1. The fourth-order valence-corrected chi connectivity index (χ4v) is 4.69. The molecule has 31 heavy (non-hydrogen) atoms. The summed E-state index contributed by atoms with van der Waals surface area (Å²) in [4.78, 5) is 14.1. The minimum atomic E-state index is -0.847. The van der Waals surface area contributed by atoms with Crippen LogP contribution in [-0.2, 0) is 19.6 Å². The topological polar surface area (TPSA) is 120 Å². The number of ether oxygens (including phenoxy) is 1. The van der Waals surface area contributed by atoms with Gasteiger partial charge in [-0.15, -0.1) is 11.3 Å². The van der Waals surface area contributed by atoms with Crippen molar-refractivity contribution in [3.63, 3.8) is 0 Å². The molecule has 1 aliphatic heterocycles. The molecule has 0 unspecified atom stereocenters. The maximum atomic E-state index is 11.0. The van der Waals surface area contributed by atoms with Crippen LogP contribution in [0, 0.1) is 17.2 Å². The number of likely N-dealkylation sites (tertiary alicyclic amines) is 1. The number of rotatable bonds is 7. The zero-order valence-electron chi connectivity index (χ0n) is 16.9. The Balaban J connectivity index is 1.42. The summed E-state index contributed by atoms with van der Waals surface area (Å²) in [7, 11) is 0. The summed E-state index contributed by atoms with van der Waals surface area (Å²) >= 11 is 1.38.